The normalized spacial score (nSPS) is 21.0. The van der Waals surface area contributed by atoms with Crippen LogP contribution in [0.25, 0.3) is 0 Å². The number of amides is 1. The summed E-state index contributed by atoms with van der Waals surface area (Å²) in [5.74, 6) is 0.983. The predicted octanol–water partition coefficient (Wildman–Crippen LogP) is 2.79. The van der Waals surface area contributed by atoms with E-state index in [2.05, 4.69) is 17.4 Å². The van der Waals surface area contributed by atoms with Gasteiger partial charge in [0.2, 0.25) is 5.91 Å². The average molecular weight is 365 g/mol. The lowest BCUT2D eigenvalue weighted by Crippen LogP contribution is -2.46. The number of rotatable bonds is 6. The summed E-state index contributed by atoms with van der Waals surface area (Å²) >= 11 is 1.98. The molecule has 0 atom stereocenters. The molecule has 5 nitrogen and oxygen atoms in total. The van der Waals surface area contributed by atoms with Crippen molar-refractivity contribution in [2.45, 2.75) is 36.7 Å². The molecule has 2 aliphatic heterocycles. The molecule has 2 saturated heterocycles. The second-order valence-corrected chi connectivity index (χ2v) is 8.16. The molecule has 0 radical (unpaired) electrons. The zero-order chi connectivity index (χ0) is 17.5. The number of nitrogens with two attached hydrogens (primary N) is 1. The predicted molar refractivity (Wildman–Crippen MR) is 102 cm³/mol. The van der Waals surface area contributed by atoms with Crippen LogP contribution in [-0.2, 0) is 20.0 Å². The summed E-state index contributed by atoms with van der Waals surface area (Å²) in [5, 5.41) is 3.75. The summed E-state index contributed by atoms with van der Waals surface area (Å²) in [5.41, 5.74) is 7.52. The first-order chi connectivity index (χ1) is 12.2. The van der Waals surface area contributed by atoms with Gasteiger partial charge in [0.05, 0.1) is 5.41 Å². The number of hydrogen-bond acceptors (Lipinski definition) is 5. The summed E-state index contributed by atoms with van der Waals surface area (Å²) in [6, 6.07) is 8.15. The van der Waals surface area contributed by atoms with Crippen molar-refractivity contribution >= 4 is 23.4 Å². The number of benzene rings is 1. The molecular weight excluding hydrogens is 336 g/mol. The monoisotopic (exact) mass is 364 g/mol. The number of carbonyl (C=O) groups is 1. The lowest BCUT2D eigenvalue weighted by molar-refractivity contribution is -0.130. The molecule has 2 fully saturated rings. The molecule has 6 heteroatoms. The molecule has 3 N–H and O–H groups in total. The van der Waals surface area contributed by atoms with Gasteiger partial charge in [0, 0.05) is 49.7 Å². The van der Waals surface area contributed by atoms with E-state index in [1.54, 1.807) is 0 Å². The zero-order valence-electron chi connectivity index (χ0n) is 14.7. The smallest absolute Gasteiger partial charge is 0.232 e. The highest BCUT2D eigenvalue weighted by atomic mass is 32.2. The Hall–Kier alpha value is -1.08. The van der Waals surface area contributed by atoms with Crippen molar-refractivity contribution in [3.05, 3.63) is 29.8 Å². The minimum absolute atomic E-state index is 0.0209. The van der Waals surface area contributed by atoms with Crippen molar-refractivity contribution in [2.75, 3.05) is 38.3 Å². The molecule has 0 unspecified atom stereocenters. The first-order valence-electron chi connectivity index (χ1n) is 9.09. The maximum atomic E-state index is 12.8. The molecule has 2 aliphatic rings. The van der Waals surface area contributed by atoms with Gasteiger partial charge in [-0.25, -0.2) is 0 Å². The Balaban J connectivity index is 1.57. The Bertz CT molecular complexity index is 570. The highest BCUT2D eigenvalue weighted by Gasteiger charge is 2.38. The number of thioether (sulfide) groups is 1. The van der Waals surface area contributed by atoms with E-state index < -0.39 is 5.41 Å². The lowest BCUT2D eigenvalue weighted by Gasteiger charge is -2.34. The molecular formula is C19H28N2O3S. The number of anilines is 1. The van der Waals surface area contributed by atoms with E-state index in [0.717, 1.165) is 37.5 Å². The third-order valence-electron chi connectivity index (χ3n) is 5.16. The fourth-order valence-corrected chi connectivity index (χ4v) is 4.48. The van der Waals surface area contributed by atoms with Gasteiger partial charge in [-0.3, -0.25) is 4.79 Å². The number of nitrogens with one attached hydrogen (secondary N) is 1. The van der Waals surface area contributed by atoms with Gasteiger partial charge in [0.1, 0.15) is 0 Å². The van der Waals surface area contributed by atoms with Crippen LogP contribution >= 0.6 is 11.8 Å². The van der Waals surface area contributed by atoms with Crippen LogP contribution in [0.15, 0.2) is 24.3 Å². The highest BCUT2D eigenvalue weighted by molar-refractivity contribution is 7.99. The number of hydrogen-bond donors (Lipinski definition) is 2. The second-order valence-electron chi connectivity index (χ2n) is 6.87. The van der Waals surface area contributed by atoms with E-state index in [1.165, 1.54) is 5.56 Å². The Morgan fingerprint density at radius 3 is 2.64 bits per heavy atom. The van der Waals surface area contributed by atoms with Gasteiger partial charge in [-0.05, 0) is 43.4 Å². The van der Waals surface area contributed by atoms with Crippen LogP contribution in [0.2, 0.25) is 0 Å². The van der Waals surface area contributed by atoms with Gasteiger partial charge in [0.25, 0.3) is 0 Å². The van der Waals surface area contributed by atoms with E-state index in [0.29, 0.717) is 37.9 Å². The Morgan fingerprint density at radius 1 is 1.20 bits per heavy atom. The van der Waals surface area contributed by atoms with Crippen molar-refractivity contribution in [3.8, 4) is 0 Å². The average Bonchev–Trinajstić information content (AvgIpc) is 2.68. The molecule has 0 aliphatic carbocycles. The second kappa shape index (κ2) is 9.03. The summed E-state index contributed by atoms with van der Waals surface area (Å²) in [6.07, 6.45) is 3.63. The summed E-state index contributed by atoms with van der Waals surface area (Å²) in [4.78, 5) is 12.8. The maximum absolute atomic E-state index is 12.8. The minimum Gasteiger partial charge on any atom is -0.381 e. The third-order valence-corrected chi connectivity index (χ3v) is 6.60. The quantitative estimate of drug-likeness (QED) is 0.812. The summed E-state index contributed by atoms with van der Waals surface area (Å²) < 4.78 is 10.8. The van der Waals surface area contributed by atoms with Crippen LogP contribution in [0.3, 0.4) is 0 Å². The molecule has 0 saturated carbocycles. The van der Waals surface area contributed by atoms with E-state index >= 15 is 0 Å². The molecule has 138 valence electrons. The number of carbonyl (C=O) groups excluding carboxylic acids is 1. The van der Waals surface area contributed by atoms with Crippen LogP contribution in [0.1, 0.15) is 31.2 Å². The lowest BCUT2D eigenvalue weighted by atomic mass is 9.79. The Kier molecular flexibility index (Phi) is 6.76. The molecule has 0 aromatic heterocycles. The van der Waals surface area contributed by atoms with Crippen LogP contribution < -0.4 is 11.1 Å². The topological polar surface area (TPSA) is 73.6 Å². The van der Waals surface area contributed by atoms with Crippen molar-refractivity contribution in [1.82, 2.24) is 0 Å². The van der Waals surface area contributed by atoms with Crippen molar-refractivity contribution in [3.63, 3.8) is 0 Å². The van der Waals surface area contributed by atoms with Crippen molar-refractivity contribution in [1.29, 1.82) is 0 Å². The minimum atomic E-state index is -0.495. The van der Waals surface area contributed by atoms with Crippen LogP contribution in [0.5, 0.6) is 0 Å². The van der Waals surface area contributed by atoms with Gasteiger partial charge in [-0.1, -0.05) is 12.1 Å². The highest BCUT2D eigenvalue weighted by Crippen LogP contribution is 2.31. The Labute approximate surface area is 154 Å². The van der Waals surface area contributed by atoms with Crippen molar-refractivity contribution < 1.29 is 14.3 Å². The molecule has 0 bridgehead atoms. The molecule has 25 heavy (non-hydrogen) atoms. The summed E-state index contributed by atoms with van der Waals surface area (Å²) in [6.45, 7) is 3.32. The molecule has 1 amide bonds. The van der Waals surface area contributed by atoms with Crippen LogP contribution in [-0.4, -0.2) is 44.1 Å². The van der Waals surface area contributed by atoms with Gasteiger partial charge in [0.15, 0.2) is 0 Å². The Morgan fingerprint density at radius 2 is 1.92 bits per heavy atom. The largest absolute Gasteiger partial charge is 0.381 e. The summed E-state index contributed by atoms with van der Waals surface area (Å²) in [7, 11) is 0. The van der Waals surface area contributed by atoms with Crippen molar-refractivity contribution in [2.24, 2.45) is 11.1 Å². The van der Waals surface area contributed by atoms with Gasteiger partial charge in [-0.15, -0.1) is 0 Å². The first-order valence-corrected chi connectivity index (χ1v) is 10.1. The van der Waals surface area contributed by atoms with Gasteiger partial charge < -0.3 is 20.5 Å². The molecule has 3 rings (SSSR count). The number of ether oxygens (including phenoxy) is 2. The van der Waals surface area contributed by atoms with Gasteiger partial charge >= 0.3 is 0 Å². The molecule has 0 spiro atoms. The fourth-order valence-electron chi connectivity index (χ4n) is 3.35. The molecule has 2 heterocycles. The van der Waals surface area contributed by atoms with E-state index in [4.69, 9.17) is 15.2 Å². The standard InChI is InChI=1S/C19H28N2O3S/c20-14-19(6-10-24-11-7-19)18(22)21-16-3-1-2-15(12-16)13-25-17-4-8-23-9-5-17/h1-3,12,17H,4-11,13-14,20H2,(H,21,22). The fraction of sp³-hybridized carbons (Fsp3) is 0.632. The first kappa shape index (κ1) is 18.7. The van der Waals surface area contributed by atoms with E-state index in [1.807, 2.05) is 23.9 Å². The maximum Gasteiger partial charge on any atom is 0.232 e. The SMILES string of the molecule is NCC1(C(=O)Nc2cccc(CSC3CCOCC3)c2)CCOCC1. The molecule has 1 aromatic rings. The van der Waals surface area contributed by atoms with Gasteiger partial charge in [-0.2, -0.15) is 11.8 Å². The van der Waals surface area contributed by atoms with E-state index in [9.17, 15) is 4.79 Å². The molecule has 1 aromatic carbocycles. The van der Waals surface area contributed by atoms with Crippen LogP contribution in [0.4, 0.5) is 5.69 Å². The van der Waals surface area contributed by atoms with Crippen LogP contribution in [0, 0.1) is 5.41 Å². The zero-order valence-corrected chi connectivity index (χ0v) is 15.5. The van der Waals surface area contributed by atoms with E-state index in [-0.39, 0.29) is 5.91 Å². The third kappa shape index (κ3) is 4.97.